The molecule has 1 fully saturated rings. The van der Waals surface area contributed by atoms with E-state index in [9.17, 15) is 14.7 Å². The maximum Gasteiger partial charge on any atom is 0.308 e. The predicted molar refractivity (Wildman–Crippen MR) is 89.1 cm³/mol. The third-order valence-corrected chi connectivity index (χ3v) is 4.64. The molecule has 1 aromatic carbocycles. The smallest absolute Gasteiger partial charge is 0.308 e. The number of aliphatic carboxylic acids is 1. The first kappa shape index (κ1) is 18.3. The number of benzene rings is 1. The molecule has 132 valence electrons. The summed E-state index contributed by atoms with van der Waals surface area (Å²) >= 11 is 0. The number of nitrogens with one attached hydrogen (secondary N) is 1. The molecule has 0 spiro atoms. The van der Waals surface area contributed by atoms with Crippen LogP contribution in [0.2, 0.25) is 0 Å². The second-order valence-corrected chi connectivity index (χ2v) is 6.14. The Morgan fingerprint density at radius 1 is 1.38 bits per heavy atom. The van der Waals surface area contributed by atoms with Crippen LogP contribution in [0.5, 0.6) is 5.75 Å². The van der Waals surface area contributed by atoms with Crippen molar-refractivity contribution in [2.75, 3.05) is 26.9 Å². The molecule has 1 saturated heterocycles. The van der Waals surface area contributed by atoms with E-state index in [0.29, 0.717) is 19.0 Å². The van der Waals surface area contributed by atoms with Gasteiger partial charge in [-0.3, -0.25) is 9.59 Å². The molecule has 0 bridgehead atoms. The van der Waals surface area contributed by atoms with Gasteiger partial charge in [0.05, 0.1) is 18.9 Å². The van der Waals surface area contributed by atoms with Gasteiger partial charge in [-0.05, 0) is 43.4 Å². The summed E-state index contributed by atoms with van der Waals surface area (Å²) in [6, 6.07) is 7.33. The second-order valence-electron chi connectivity index (χ2n) is 6.14. The molecule has 0 radical (unpaired) electrons. The third kappa shape index (κ3) is 4.71. The Morgan fingerprint density at radius 3 is 2.71 bits per heavy atom. The molecule has 2 atom stereocenters. The average molecular weight is 335 g/mol. The lowest BCUT2D eigenvalue weighted by atomic mass is 9.86. The summed E-state index contributed by atoms with van der Waals surface area (Å²) in [5.41, 5.74) is 0.838. The summed E-state index contributed by atoms with van der Waals surface area (Å²) in [6.07, 6.45) is 1.44. The number of carbonyl (C=O) groups excluding carboxylic acids is 1. The van der Waals surface area contributed by atoms with Crippen molar-refractivity contribution in [2.24, 2.45) is 11.8 Å². The monoisotopic (exact) mass is 335 g/mol. The van der Waals surface area contributed by atoms with Crippen LogP contribution in [0, 0.1) is 11.8 Å². The van der Waals surface area contributed by atoms with Crippen molar-refractivity contribution < 1.29 is 24.2 Å². The van der Waals surface area contributed by atoms with Crippen LogP contribution in [-0.4, -0.2) is 43.9 Å². The van der Waals surface area contributed by atoms with Crippen LogP contribution in [0.15, 0.2) is 24.3 Å². The largest absolute Gasteiger partial charge is 0.497 e. The Kier molecular flexibility index (Phi) is 6.61. The average Bonchev–Trinajstić information content (AvgIpc) is 2.61. The van der Waals surface area contributed by atoms with E-state index < -0.39 is 11.9 Å². The minimum absolute atomic E-state index is 0.0451. The molecule has 6 nitrogen and oxygen atoms in total. The van der Waals surface area contributed by atoms with E-state index in [-0.39, 0.29) is 24.3 Å². The van der Waals surface area contributed by atoms with Crippen LogP contribution >= 0.6 is 0 Å². The fourth-order valence-corrected chi connectivity index (χ4v) is 3.00. The Labute approximate surface area is 142 Å². The van der Waals surface area contributed by atoms with E-state index in [2.05, 4.69) is 5.32 Å². The lowest BCUT2D eigenvalue weighted by Gasteiger charge is -2.28. The van der Waals surface area contributed by atoms with Gasteiger partial charge in [-0.1, -0.05) is 12.1 Å². The molecule has 2 unspecified atom stereocenters. The van der Waals surface area contributed by atoms with E-state index in [0.717, 1.165) is 18.4 Å². The molecule has 1 amide bonds. The first-order valence-corrected chi connectivity index (χ1v) is 8.25. The van der Waals surface area contributed by atoms with Gasteiger partial charge < -0.3 is 19.9 Å². The quantitative estimate of drug-likeness (QED) is 0.796. The van der Waals surface area contributed by atoms with Crippen molar-refractivity contribution in [2.45, 2.75) is 25.7 Å². The minimum atomic E-state index is -0.865. The van der Waals surface area contributed by atoms with Gasteiger partial charge in [0.2, 0.25) is 5.91 Å². The van der Waals surface area contributed by atoms with E-state index in [1.165, 1.54) is 0 Å². The highest BCUT2D eigenvalue weighted by Gasteiger charge is 2.30. The second kappa shape index (κ2) is 8.68. The maximum absolute atomic E-state index is 12.4. The highest BCUT2D eigenvalue weighted by molar-refractivity contribution is 5.84. The van der Waals surface area contributed by atoms with Gasteiger partial charge in [-0.25, -0.2) is 0 Å². The third-order valence-electron chi connectivity index (χ3n) is 4.64. The number of carbonyl (C=O) groups is 2. The summed E-state index contributed by atoms with van der Waals surface area (Å²) in [7, 11) is 1.58. The standard InChI is InChI=1S/C18H25NO5/c1-12(14-4-3-5-15(10-14)23-2)17(20)19-11-16(18(21)22)13-6-8-24-9-7-13/h3-5,10,12-13,16H,6-9,11H2,1-2H3,(H,19,20)(H,21,22). The number of methoxy groups -OCH3 is 1. The fourth-order valence-electron chi connectivity index (χ4n) is 3.00. The van der Waals surface area contributed by atoms with Crippen LogP contribution < -0.4 is 10.1 Å². The molecular weight excluding hydrogens is 310 g/mol. The SMILES string of the molecule is COc1cccc(C(C)C(=O)NCC(C(=O)O)C2CCOCC2)c1. The first-order chi connectivity index (χ1) is 11.5. The van der Waals surface area contributed by atoms with Crippen LogP contribution in [-0.2, 0) is 14.3 Å². The maximum atomic E-state index is 12.4. The molecule has 1 aromatic rings. The van der Waals surface area contributed by atoms with E-state index in [1.807, 2.05) is 24.3 Å². The summed E-state index contributed by atoms with van der Waals surface area (Å²) in [6.45, 7) is 3.12. The lowest BCUT2D eigenvalue weighted by Crippen LogP contribution is -2.40. The van der Waals surface area contributed by atoms with Crippen LogP contribution in [0.25, 0.3) is 0 Å². The molecule has 2 rings (SSSR count). The molecule has 1 heterocycles. The van der Waals surface area contributed by atoms with E-state index in [4.69, 9.17) is 9.47 Å². The zero-order valence-corrected chi connectivity index (χ0v) is 14.2. The lowest BCUT2D eigenvalue weighted by molar-refractivity contribution is -0.145. The Balaban J connectivity index is 1.95. The molecule has 0 aliphatic carbocycles. The van der Waals surface area contributed by atoms with Crippen molar-refractivity contribution in [3.8, 4) is 5.75 Å². The van der Waals surface area contributed by atoms with Crippen LogP contribution in [0.4, 0.5) is 0 Å². The van der Waals surface area contributed by atoms with Gasteiger partial charge in [0.25, 0.3) is 0 Å². The highest BCUT2D eigenvalue weighted by Crippen LogP contribution is 2.25. The van der Waals surface area contributed by atoms with Gasteiger partial charge in [0.15, 0.2) is 0 Å². The van der Waals surface area contributed by atoms with Crippen molar-refractivity contribution in [3.05, 3.63) is 29.8 Å². The van der Waals surface area contributed by atoms with Gasteiger partial charge in [0, 0.05) is 19.8 Å². The van der Waals surface area contributed by atoms with Gasteiger partial charge in [-0.15, -0.1) is 0 Å². The predicted octanol–water partition coefficient (Wildman–Crippen LogP) is 2.04. The van der Waals surface area contributed by atoms with E-state index in [1.54, 1.807) is 14.0 Å². The molecular formula is C18H25NO5. The molecule has 2 N–H and O–H groups in total. The van der Waals surface area contributed by atoms with Crippen molar-refractivity contribution in [1.29, 1.82) is 0 Å². The molecule has 0 saturated carbocycles. The number of ether oxygens (including phenoxy) is 2. The van der Waals surface area contributed by atoms with Gasteiger partial charge in [-0.2, -0.15) is 0 Å². The van der Waals surface area contributed by atoms with Crippen LogP contribution in [0.1, 0.15) is 31.2 Å². The van der Waals surface area contributed by atoms with Gasteiger partial charge >= 0.3 is 5.97 Å². The zero-order chi connectivity index (χ0) is 17.5. The molecule has 6 heteroatoms. The Bertz CT molecular complexity index is 568. The molecule has 1 aliphatic heterocycles. The van der Waals surface area contributed by atoms with Gasteiger partial charge in [0.1, 0.15) is 5.75 Å². The molecule has 0 aromatic heterocycles. The number of hydrogen-bond donors (Lipinski definition) is 2. The summed E-state index contributed by atoms with van der Waals surface area (Å²) in [5, 5.41) is 12.2. The number of carboxylic acid groups (broad SMARTS) is 1. The molecule has 24 heavy (non-hydrogen) atoms. The number of carboxylic acids is 1. The highest BCUT2D eigenvalue weighted by atomic mass is 16.5. The van der Waals surface area contributed by atoms with Crippen molar-refractivity contribution in [3.63, 3.8) is 0 Å². The zero-order valence-electron chi connectivity index (χ0n) is 14.2. The van der Waals surface area contributed by atoms with E-state index >= 15 is 0 Å². The molecule has 1 aliphatic rings. The minimum Gasteiger partial charge on any atom is -0.497 e. The first-order valence-electron chi connectivity index (χ1n) is 8.25. The summed E-state index contributed by atoms with van der Waals surface area (Å²) in [5.74, 6) is -1.25. The number of hydrogen-bond acceptors (Lipinski definition) is 4. The number of amides is 1. The Morgan fingerprint density at radius 2 is 2.08 bits per heavy atom. The van der Waals surface area contributed by atoms with Crippen molar-refractivity contribution >= 4 is 11.9 Å². The topological polar surface area (TPSA) is 84.9 Å². The summed E-state index contributed by atoms with van der Waals surface area (Å²) in [4.78, 5) is 23.9. The number of rotatable bonds is 7. The normalized spacial score (nSPS) is 17.8. The van der Waals surface area contributed by atoms with Crippen LogP contribution in [0.3, 0.4) is 0 Å². The Hall–Kier alpha value is -2.08. The fraction of sp³-hybridized carbons (Fsp3) is 0.556. The van der Waals surface area contributed by atoms with Crippen molar-refractivity contribution in [1.82, 2.24) is 5.32 Å². The summed E-state index contributed by atoms with van der Waals surface area (Å²) < 4.78 is 10.5.